The molecule has 3 rings (SSSR count). The Morgan fingerprint density at radius 3 is 2.82 bits per heavy atom. The zero-order valence-corrected chi connectivity index (χ0v) is 13.1. The smallest absolute Gasteiger partial charge is 0.157 e. The van der Waals surface area contributed by atoms with E-state index in [9.17, 15) is 12.8 Å². The van der Waals surface area contributed by atoms with Crippen LogP contribution in [0.1, 0.15) is 23.1 Å². The van der Waals surface area contributed by atoms with Crippen LogP contribution in [0.5, 0.6) is 0 Å². The normalized spacial score (nSPS) is 18.1. The van der Waals surface area contributed by atoms with Crippen molar-refractivity contribution in [2.75, 3.05) is 6.67 Å². The fourth-order valence-electron chi connectivity index (χ4n) is 3.01. The van der Waals surface area contributed by atoms with Gasteiger partial charge in [0, 0.05) is 11.8 Å². The third-order valence-electron chi connectivity index (χ3n) is 4.18. The summed E-state index contributed by atoms with van der Waals surface area (Å²) in [7, 11) is -3.23. The van der Waals surface area contributed by atoms with Crippen molar-refractivity contribution < 1.29 is 12.8 Å². The Kier molecular flexibility index (Phi) is 4.29. The van der Waals surface area contributed by atoms with Crippen LogP contribution in [0.2, 0.25) is 0 Å². The molecule has 118 valence electrons. The third-order valence-corrected chi connectivity index (χ3v) is 6.33. The topological polar surface area (TPSA) is 52.0 Å². The van der Waals surface area contributed by atoms with E-state index in [1.807, 2.05) is 18.2 Å². The predicted molar refractivity (Wildman–Crippen MR) is 83.1 cm³/mol. The molecular weight excluding hydrogens is 303 g/mol. The van der Waals surface area contributed by atoms with E-state index in [1.54, 1.807) is 6.20 Å². The van der Waals surface area contributed by atoms with Gasteiger partial charge in [-0.1, -0.05) is 24.3 Å². The fourth-order valence-corrected chi connectivity index (χ4v) is 4.77. The van der Waals surface area contributed by atoms with Gasteiger partial charge in [0.05, 0.1) is 23.7 Å². The number of sulfone groups is 1. The minimum Gasteiger partial charge on any atom is -0.270 e. The second-order valence-electron chi connectivity index (χ2n) is 5.74. The highest BCUT2D eigenvalue weighted by atomic mass is 32.2. The molecule has 1 aromatic heterocycles. The molecule has 0 saturated carbocycles. The first-order valence-corrected chi connectivity index (χ1v) is 9.15. The number of aryl methyl sites for hydroxylation is 2. The SMILES string of the molecule is O=S(=O)(Cc1cnn(CCF)c1)C1CCc2ccccc2C1. The van der Waals surface area contributed by atoms with Crippen LogP contribution in [0, 0.1) is 0 Å². The molecule has 0 bridgehead atoms. The molecular formula is C16H19FN2O2S. The summed E-state index contributed by atoms with van der Waals surface area (Å²) in [6.45, 7) is -0.343. The molecule has 0 fully saturated rings. The zero-order valence-electron chi connectivity index (χ0n) is 12.3. The molecule has 4 nitrogen and oxygen atoms in total. The maximum Gasteiger partial charge on any atom is 0.157 e. The van der Waals surface area contributed by atoms with Crippen molar-refractivity contribution in [2.45, 2.75) is 36.8 Å². The van der Waals surface area contributed by atoms with Gasteiger partial charge < -0.3 is 0 Å². The van der Waals surface area contributed by atoms with Crippen molar-refractivity contribution in [3.63, 3.8) is 0 Å². The van der Waals surface area contributed by atoms with E-state index in [0.717, 1.165) is 12.0 Å². The number of aromatic nitrogens is 2. The number of hydrogen-bond acceptors (Lipinski definition) is 3. The minimum absolute atomic E-state index is 0.0217. The van der Waals surface area contributed by atoms with Crippen molar-refractivity contribution in [1.82, 2.24) is 9.78 Å². The van der Waals surface area contributed by atoms with Crippen LogP contribution in [0.25, 0.3) is 0 Å². The Labute approximate surface area is 129 Å². The number of benzene rings is 1. The van der Waals surface area contributed by atoms with E-state index in [-0.39, 0.29) is 17.5 Å². The van der Waals surface area contributed by atoms with Crippen LogP contribution in [0.15, 0.2) is 36.7 Å². The van der Waals surface area contributed by atoms with Crippen LogP contribution in [0.4, 0.5) is 4.39 Å². The lowest BCUT2D eigenvalue weighted by Gasteiger charge is -2.24. The van der Waals surface area contributed by atoms with Gasteiger partial charge in [-0.15, -0.1) is 0 Å². The van der Waals surface area contributed by atoms with Crippen LogP contribution < -0.4 is 0 Å². The molecule has 6 heteroatoms. The molecule has 2 aromatic rings. The Balaban J connectivity index is 1.73. The van der Waals surface area contributed by atoms with Gasteiger partial charge in [-0.25, -0.2) is 12.8 Å². The lowest BCUT2D eigenvalue weighted by atomic mass is 9.92. The molecule has 0 radical (unpaired) electrons. The first-order valence-electron chi connectivity index (χ1n) is 7.44. The van der Waals surface area contributed by atoms with E-state index >= 15 is 0 Å². The molecule has 1 aliphatic rings. The zero-order chi connectivity index (χ0) is 15.6. The molecule has 0 aliphatic heterocycles. The number of rotatable bonds is 5. The van der Waals surface area contributed by atoms with Gasteiger partial charge in [-0.2, -0.15) is 5.10 Å². The van der Waals surface area contributed by atoms with Crippen LogP contribution in [-0.2, 0) is 35.0 Å². The molecule has 1 aromatic carbocycles. The van der Waals surface area contributed by atoms with Gasteiger partial charge in [-0.05, 0) is 30.4 Å². The third kappa shape index (κ3) is 3.21. The average molecular weight is 322 g/mol. The summed E-state index contributed by atoms with van der Waals surface area (Å²) in [4.78, 5) is 0. The molecule has 22 heavy (non-hydrogen) atoms. The van der Waals surface area contributed by atoms with Crippen molar-refractivity contribution in [1.29, 1.82) is 0 Å². The highest BCUT2D eigenvalue weighted by Crippen LogP contribution is 2.27. The quantitative estimate of drug-likeness (QED) is 0.849. The summed E-state index contributed by atoms with van der Waals surface area (Å²) in [5, 5.41) is 3.64. The van der Waals surface area contributed by atoms with Gasteiger partial charge in [0.15, 0.2) is 9.84 Å². The average Bonchev–Trinajstić information content (AvgIpc) is 2.93. The minimum atomic E-state index is -3.23. The predicted octanol–water partition coefficient (Wildman–Crippen LogP) is 2.32. The van der Waals surface area contributed by atoms with Crippen molar-refractivity contribution in [3.8, 4) is 0 Å². The maximum atomic E-state index is 12.6. The first kappa shape index (κ1) is 15.2. The van der Waals surface area contributed by atoms with E-state index in [4.69, 9.17) is 0 Å². The van der Waals surface area contributed by atoms with Gasteiger partial charge in [-0.3, -0.25) is 4.68 Å². The Morgan fingerprint density at radius 2 is 2.05 bits per heavy atom. The number of alkyl halides is 1. The van der Waals surface area contributed by atoms with Crippen LogP contribution >= 0.6 is 0 Å². The van der Waals surface area contributed by atoms with Gasteiger partial charge in [0.1, 0.15) is 6.67 Å². The fraction of sp³-hybridized carbons (Fsp3) is 0.438. The summed E-state index contributed by atoms with van der Waals surface area (Å²) in [5.74, 6) is -0.0217. The first-order chi connectivity index (χ1) is 10.6. The van der Waals surface area contributed by atoms with E-state index in [0.29, 0.717) is 18.4 Å². The summed E-state index contributed by atoms with van der Waals surface area (Å²) in [6.07, 6.45) is 5.19. The number of fused-ring (bicyclic) bond motifs is 1. The van der Waals surface area contributed by atoms with E-state index < -0.39 is 16.5 Å². The maximum absolute atomic E-state index is 12.6. The number of halogens is 1. The van der Waals surface area contributed by atoms with Crippen molar-refractivity contribution in [3.05, 3.63) is 53.3 Å². The molecule has 0 spiro atoms. The highest BCUT2D eigenvalue weighted by molar-refractivity contribution is 7.91. The number of hydrogen-bond donors (Lipinski definition) is 0. The summed E-state index contributed by atoms with van der Waals surface area (Å²) >= 11 is 0. The van der Waals surface area contributed by atoms with Crippen molar-refractivity contribution >= 4 is 9.84 Å². The molecule has 0 amide bonds. The number of nitrogens with zero attached hydrogens (tertiary/aromatic N) is 2. The van der Waals surface area contributed by atoms with E-state index in [2.05, 4.69) is 11.2 Å². The van der Waals surface area contributed by atoms with Crippen LogP contribution in [0.3, 0.4) is 0 Å². The monoisotopic (exact) mass is 322 g/mol. The molecule has 1 atom stereocenters. The Bertz CT molecular complexity index is 755. The molecule has 1 unspecified atom stereocenters. The molecule has 0 saturated heterocycles. The molecule has 1 heterocycles. The van der Waals surface area contributed by atoms with Gasteiger partial charge in [0.2, 0.25) is 0 Å². The Hall–Kier alpha value is -1.69. The second-order valence-corrected chi connectivity index (χ2v) is 8.02. The van der Waals surface area contributed by atoms with Gasteiger partial charge >= 0.3 is 0 Å². The van der Waals surface area contributed by atoms with Crippen molar-refractivity contribution in [2.24, 2.45) is 0 Å². The second kappa shape index (κ2) is 6.20. The summed E-state index contributed by atoms with van der Waals surface area (Å²) < 4.78 is 39.0. The summed E-state index contributed by atoms with van der Waals surface area (Å²) in [5.41, 5.74) is 3.02. The van der Waals surface area contributed by atoms with Gasteiger partial charge in [0.25, 0.3) is 0 Å². The lowest BCUT2D eigenvalue weighted by molar-refractivity contribution is 0.427. The molecule has 1 aliphatic carbocycles. The van der Waals surface area contributed by atoms with E-state index in [1.165, 1.54) is 16.4 Å². The largest absolute Gasteiger partial charge is 0.270 e. The Morgan fingerprint density at radius 1 is 1.27 bits per heavy atom. The highest BCUT2D eigenvalue weighted by Gasteiger charge is 2.30. The lowest BCUT2D eigenvalue weighted by Crippen LogP contribution is -2.29. The standard InChI is InChI=1S/C16H19FN2O2S/c17-7-8-19-11-13(10-18-19)12-22(20,21)16-6-5-14-3-1-2-4-15(14)9-16/h1-4,10-11,16H,5-9,12H2. The van der Waals surface area contributed by atoms with Crippen LogP contribution in [-0.4, -0.2) is 30.1 Å². The molecule has 0 N–H and O–H groups in total. The summed E-state index contributed by atoms with van der Waals surface area (Å²) in [6, 6.07) is 8.03.